The molecule has 3 rings (SSSR count). The van der Waals surface area contributed by atoms with E-state index in [2.05, 4.69) is 10.3 Å². The van der Waals surface area contributed by atoms with Crippen molar-refractivity contribution >= 4 is 27.1 Å². The first kappa shape index (κ1) is 22.9. The summed E-state index contributed by atoms with van der Waals surface area (Å²) in [7, 11) is -5.85. The minimum Gasteiger partial charge on any atom is -0.372 e. The van der Waals surface area contributed by atoms with Crippen molar-refractivity contribution in [3.8, 4) is 0 Å². The van der Waals surface area contributed by atoms with Gasteiger partial charge in [0.2, 0.25) is 0 Å². The number of pyridine rings is 1. The maximum atomic E-state index is 14.7. The fraction of sp³-hybridized carbons (Fsp3) is 0.368. The average molecular weight is 461 g/mol. The number of aromatic nitrogens is 1. The molecule has 168 valence electrons. The number of sulfone groups is 1. The number of alkyl halides is 3. The summed E-state index contributed by atoms with van der Waals surface area (Å²) >= 11 is 0. The molecule has 7 nitrogen and oxygen atoms in total. The second-order valence-corrected chi connectivity index (χ2v) is 8.94. The summed E-state index contributed by atoms with van der Waals surface area (Å²) in [4.78, 5) is 17.5. The van der Waals surface area contributed by atoms with E-state index >= 15 is 0 Å². The molecular weight excluding hydrogens is 442 g/mol. The van der Waals surface area contributed by atoms with Crippen LogP contribution in [-0.2, 0) is 14.6 Å². The summed E-state index contributed by atoms with van der Waals surface area (Å²) < 4.78 is 82.4. The van der Waals surface area contributed by atoms with Crippen molar-refractivity contribution in [2.45, 2.75) is 36.6 Å². The Morgan fingerprint density at radius 1 is 1.19 bits per heavy atom. The predicted molar refractivity (Wildman–Crippen MR) is 104 cm³/mol. The van der Waals surface area contributed by atoms with E-state index in [4.69, 9.17) is 4.74 Å². The molecular formula is C19H19F4N3O4S. The number of carbonyl (C=O) groups excluding carboxylic acids is 1. The molecule has 0 aliphatic carbocycles. The van der Waals surface area contributed by atoms with Gasteiger partial charge in [-0.25, -0.2) is 17.8 Å². The molecule has 0 saturated carbocycles. The molecule has 2 unspecified atom stereocenters. The number of amides is 1. The van der Waals surface area contributed by atoms with Crippen molar-refractivity contribution in [2.24, 2.45) is 0 Å². The van der Waals surface area contributed by atoms with E-state index in [1.165, 1.54) is 12.1 Å². The molecule has 0 radical (unpaired) electrons. The molecule has 1 amide bonds. The molecule has 31 heavy (non-hydrogen) atoms. The number of hydrogen-bond donors (Lipinski definition) is 1. The summed E-state index contributed by atoms with van der Waals surface area (Å²) in [5.41, 5.74) is -6.21. The number of anilines is 2. The van der Waals surface area contributed by atoms with Crippen molar-refractivity contribution in [3.63, 3.8) is 0 Å². The Morgan fingerprint density at radius 3 is 2.42 bits per heavy atom. The minimum atomic E-state index is -5.85. The number of carbonyl (C=O) groups is 1. The number of benzene rings is 1. The lowest BCUT2D eigenvalue weighted by Gasteiger charge is -2.37. The average Bonchev–Trinajstić information content (AvgIpc) is 2.66. The van der Waals surface area contributed by atoms with Gasteiger partial charge in [-0.15, -0.1) is 0 Å². The number of nitrogens with one attached hydrogen (secondary N) is 1. The van der Waals surface area contributed by atoms with Crippen LogP contribution >= 0.6 is 0 Å². The topological polar surface area (TPSA) is 88.6 Å². The SMILES string of the molecule is CC1CN(c2ccc(NC(=O)c3cccnc3S(=O)(=O)C(F)(F)F)cc2F)CC(C)O1. The van der Waals surface area contributed by atoms with E-state index in [1.54, 1.807) is 4.90 Å². The number of ether oxygens (including phenoxy) is 1. The van der Waals surface area contributed by atoms with Crippen molar-refractivity contribution in [1.82, 2.24) is 4.98 Å². The van der Waals surface area contributed by atoms with Crippen molar-refractivity contribution in [3.05, 3.63) is 47.9 Å². The smallest absolute Gasteiger partial charge is 0.372 e. The van der Waals surface area contributed by atoms with Gasteiger partial charge in [0.25, 0.3) is 15.7 Å². The molecule has 12 heteroatoms. The summed E-state index contributed by atoms with van der Waals surface area (Å²) in [5.74, 6) is -1.83. The van der Waals surface area contributed by atoms with Crippen LogP contribution in [0, 0.1) is 5.82 Å². The van der Waals surface area contributed by atoms with Gasteiger partial charge in [0, 0.05) is 25.0 Å². The van der Waals surface area contributed by atoms with E-state index in [0.29, 0.717) is 13.1 Å². The van der Waals surface area contributed by atoms with Gasteiger partial charge < -0.3 is 15.0 Å². The predicted octanol–water partition coefficient (Wildman–Crippen LogP) is 3.38. The van der Waals surface area contributed by atoms with Crippen molar-refractivity contribution in [1.29, 1.82) is 0 Å². The van der Waals surface area contributed by atoms with Crippen LogP contribution in [0.5, 0.6) is 0 Å². The number of morpholine rings is 1. The molecule has 2 aromatic rings. The Hall–Kier alpha value is -2.73. The first-order chi connectivity index (χ1) is 14.4. The molecule has 0 spiro atoms. The first-order valence-electron chi connectivity index (χ1n) is 9.18. The zero-order chi connectivity index (χ0) is 23.0. The summed E-state index contributed by atoms with van der Waals surface area (Å²) in [6, 6.07) is 5.81. The molecule has 0 bridgehead atoms. The fourth-order valence-corrected chi connectivity index (χ4v) is 4.17. The first-order valence-corrected chi connectivity index (χ1v) is 10.7. The fourth-order valence-electron chi connectivity index (χ4n) is 3.30. The van der Waals surface area contributed by atoms with Crippen LogP contribution in [0.4, 0.5) is 28.9 Å². The third-order valence-corrected chi connectivity index (χ3v) is 5.98. The molecule has 1 aliphatic rings. The Bertz CT molecular complexity index is 1080. The standard InChI is InChI=1S/C19H19F4N3O4S/c1-11-9-26(10-12(2)30-11)16-6-5-13(8-15(16)20)25-17(27)14-4-3-7-24-18(14)31(28,29)19(21,22)23/h3-8,11-12H,9-10H2,1-2H3,(H,25,27). The second kappa shape index (κ2) is 8.42. The summed E-state index contributed by atoms with van der Waals surface area (Å²) in [5, 5.41) is 0.794. The molecule has 1 aromatic carbocycles. The van der Waals surface area contributed by atoms with Gasteiger partial charge in [0.05, 0.1) is 23.5 Å². The number of hydrogen-bond acceptors (Lipinski definition) is 6. The van der Waals surface area contributed by atoms with Crippen LogP contribution in [0.1, 0.15) is 24.2 Å². The highest BCUT2D eigenvalue weighted by atomic mass is 32.2. The van der Waals surface area contributed by atoms with Gasteiger partial charge in [0.1, 0.15) is 5.82 Å². The third-order valence-electron chi connectivity index (χ3n) is 4.54. The highest BCUT2D eigenvalue weighted by Gasteiger charge is 2.49. The number of rotatable bonds is 4. The molecule has 2 atom stereocenters. The van der Waals surface area contributed by atoms with Gasteiger partial charge in [-0.2, -0.15) is 13.2 Å². The zero-order valence-corrected chi connectivity index (χ0v) is 17.3. The van der Waals surface area contributed by atoms with Gasteiger partial charge >= 0.3 is 5.51 Å². The number of halogens is 4. The van der Waals surface area contributed by atoms with E-state index in [-0.39, 0.29) is 23.6 Å². The maximum Gasteiger partial charge on any atom is 0.503 e. The van der Waals surface area contributed by atoms with Crippen LogP contribution in [0.2, 0.25) is 0 Å². The monoisotopic (exact) mass is 461 g/mol. The van der Waals surface area contributed by atoms with E-state index in [0.717, 1.165) is 24.4 Å². The Kier molecular flexibility index (Phi) is 6.23. The lowest BCUT2D eigenvalue weighted by molar-refractivity contribution is -0.0438. The maximum absolute atomic E-state index is 14.7. The third kappa shape index (κ3) is 4.79. The highest BCUT2D eigenvalue weighted by molar-refractivity contribution is 7.92. The van der Waals surface area contributed by atoms with E-state index in [1.807, 2.05) is 13.8 Å². The Labute approximate surface area is 175 Å². The number of nitrogens with zero attached hydrogens (tertiary/aromatic N) is 2. The molecule has 1 saturated heterocycles. The lowest BCUT2D eigenvalue weighted by atomic mass is 10.1. The van der Waals surface area contributed by atoms with Gasteiger partial charge in [-0.1, -0.05) is 0 Å². The van der Waals surface area contributed by atoms with Crippen molar-refractivity contribution in [2.75, 3.05) is 23.3 Å². The van der Waals surface area contributed by atoms with Crippen LogP contribution < -0.4 is 10.2 Å². The Morgan fingerprint density at radius 2 is 1.84 bits per heavy atom. The molecule has 1 aromatic heterocycles. The van der Waals surface area contributed by atoms with Gasteiger partial charge in [-0.3, -0.25) is 4.79 Å². The molecule has 1 N–H and O–H groups in total. The van der Waals surface area contributed by atoms with E-state index < -0.39 is 37.7 Å². The van der Waals surface area contributed by atoms with Gasteiger partial charge in [0.15, 0.2) is 5.03 Å². The van der Waals surface area contributed by atoms with E-state index in [9.17, 15) is 30.8 Å². The van der Waals surface area contributed by atoms with Crippen LogP contribution in [0.25, 0.3) is 0 Å². The molecule has 2 heterocycles. The van der Waals surface area contributed by atoms with Crippen LogP contribution in [-0.4, -0.2) is 50.1 Å². The minimum absolute atomic E-state index is 0.0557. The molecule has 1 aliphatic heterocycles. The quantitative estimate of drug-likeness (QED) is 0.703. The Balaban J connectivity index is 1.85. The lowest BCUT2D eigenvalue weighted by Crippen LogP contribution is -2.45. The van der Waals surface area contributed by atoms with Crippen LogP contribution in [0.3, 0.4) is 0 Å². The second-order valence-electron chi connectivity index (χ2n) is 7.09. The van der Waals surface area contributed by atoms with Gasteiger partial charge in [-0.05, 0) is 44.2 Å². The van der Waals surface area contributed by atoms with Crippen molar-refractivity contribution < 1.29 is 35.5 Å². The summed E-state index contributed by atoms with van der Waals surface area (Å²) in [6.07, 6.45) is 0.609. The molecule has 1 fully saturated rings. The normalized spacial score (nSPS) is 19.9. The van der Waals surface area contributed by atoms with Crippen LogP contribution in [0.15, 0.2) is 41.6 Å². The zero-order valence-electron chi connectivity index (χ0n) is 16.5. The summed E-state index contributed by atoms with van der Waals surface area (Å²) in [6.45, 7) is 4.63. The highest BCUT2D eigenvalue weighted by Crippen LogP contribution is 2.31. The largest absolute Gasteiger partial charge is 0.503 e.